The highest BCUT2D eigenvalue weighted by Crippen LogP contribution is 2.30. The summed E-state index contributed by atoms with van der Waals surface area (Å²) in [6.07, 6.45) is 0. The topological polar surface area (TPSA) is 36.4 Å². The van der Waals surface area contributed by atoms with Crippen LogP contribution in [0.3, 0.4) is 0 Å². The van der Waals surface area contributed by atoms with Gasteiger partial charge in [0.1, 0.15) is 0 Å². The Balaban J connectivity index is 2.01. The van der Waals surface area contributed by atoms with Crippen LogP contribution in [0.2, 0.25) is 0 Å². The molecule has 0 atom stereocenters. The fraction of sp³-hybridized carbons (Fsp3) is 0.263. The van der Waals surface area contributed by atoms with Crippen LogP contribution in [0.5, 0.6) is 0 Å². The van der Waals surface area contributed by atoms with Crippen LogP contribution in [0, 0.1) is 10.5 Å². The van der Waals surface area contributed by atoms with E-state index in [1.807, 2.05) is 44.4 Å². The minimum absolute atomic E-state index is 0.00243. The highest BCUT2D eigenvalue weighted by molar-refractivity contribution is 14.1. The summed E-state index contributed by atoms with van der Waals surface area (Å²) in [6, 6.07) is 13.9. The summed E-state index contributed by atoms with van der Waals surface area (Å²) >= 11 is 3.79. The van der Waals surface area contributed by atoms with E-state index in [9.17, 15) is 4.79 Å². The quantitative estimate of drug-likeness (QED) is 0.524. The first kappa shape index (κ1) is 18.3. The SMILES string of the molecule is Cc1ccc2nc(N(CCN(C)C)C(=O)c3ccccc3I)sc2c1. The number of likely N-dealkylation sites (N-methyl/N-ethyl adjacent to an activating group) is 1. The van der Waals surface area contributed by atoms with Crippen LogP contribution in [0.25, 0.3) is 10.2 Å². The number of hydrogen-bond acceptors (Lipinski definition) is 4. The molecule has 2 aromatic carbocycles. The molecule has 1 heterocycles. The number of thiazole rings is 1. The predicted molar refractivity (Wildman–Crippen MR) is 114 cm³/mol. The Morgan fingerprint density at radius 2 is 1.92 bits per heavy atom. The molecule has 0 aliphatic heterocycles. The van der Waals surface area contributed by atoms with E-state index in [2.05, 4.69) is 46.5 Å². The molecule has 4 nitrogen and oxygen atoms in total. The predicted octanol–water partition coefficient (Wildman–Crippen LogP) is 4.42. The second-order valence-corrected chi connectivity index (χ2v) is 8.38. The van der Waals surface area contributed by atoms with Crippen molar-refractivity contribution in [3.63, 3.8) is 0 Å². The van der Waals surface area contributed by atoms with Crippen LogP contribution in [0.15, 0.2) is 42.5 Å². The molecule has 0 aliphatic rings. The normalized spacial score (nSPS) is 11.2. The summed E-state index contributed by atoms with van der Waals surface area (Å²) in [4.78, 5) is 21.8. The third-order valence-electron chi connectivity index (χ3n) is 3.88. The molecule has 0 saturated carbocycles. The Labute approximate surface area is 165 Å². The molecule has 130 valence electrons. The molecule has 0 fully saturated rings. The largest absolute Gasteiger partial charge is 0.308 e. The number of benzene rings is 2. The Kier molecular flexibility index (Phi) is 5.71. The molecule has 25 heavy (non-hydrogen) atoms. The maximum atomic E-state index is 13.2. The number of fused-ring (bicyclic) bond motifs is 1. The lowest BCUT2D eigenvalue weighted by atomic mass is 10.2. The lowest BCUT2D eigenvalue weighted by Gasteiger charge is -2.22. The number of aryl methyl sites for hydroxylation is 1. The number of carbonyl (C=O) groups excluding carboxylic acids is 1. The van der Waals surface area contributed by atoms with Gasteiger partial charge in [0.2, 0.25) is 0 Å². The zero-order chi connectivity index (χ0) is 18.0. The van der Waals surface area contributed by atoms with Gasteiger partial charge in [0.25, 0.3) is 5.91 Å². The average Bonchev–Trinajstić information content (AvgIpc) is 2.97. The van der Waals surface area contributed by atoms with Gasteiger partial charge in [0, 0.05) is 16.7 Å². The zero-order valence-corrected chi connectivity index (χ0v) is 17.5. The number of nitrogens with zero attached hydrogens (tertiary/aromatic N) is 3. The second-order valence-electron chi connectivity index (χ2n) is 6.21. The van der Waals surface area contributed by atoms with E-state index in [0.717, 1.165) is 31.0 Å². The van der Waals surface area contributed by atoms with Gasteiger partial charge in [-0.05, 0) is 73.4 Å². The third-order valence-corrected chi connectivity index (χ3v) is 5.87. The van der Waals surface area contributed by atoms with Crippen LogP contribution in [-0.2, 0) is 0 Å². The van der Waals surface area contributed by atoms with Gasteiger partial charge in [-0.25, -0.2) is 4.98 Å². The van der Waals surface area contributed by atoms with Crippen LogP contribution in [0.1, 0.15) is 15.9 Å². The number of carbonyl (C=O) groups is 1. The van der Waals surface area contributed by atoms with Crippen molar-refractivity contribution in [2.45, 2.75) is 6.92 Å². The van der Waals surface area contributed by atoms with E-state index in [1.54, 1.807) is 16.2 Å². The molecular weight excluding hydrogens is 445 g/mol. The Hall–Kier alpha value is -1.51. The lowest BCUT2D eigenvalue weighted by molar-refractivity contribution is 0.0984. The van der Waals surface area contributed by atoms with Crippen molar-refractivity contribution in [2.75, 3.05) is 32.1 Å². The van der Waals surface area contributed by atoms with Crippen LogP contribution >= 0.6 is 33.9 Å². The molecular formula is C19H20IN3OS. The lowest BCUT2D eigenvalue weighted by Crippen LogP contribution is -2.37. The second kappa shape index (κ2) is 7.80. The van der Waals surface area contributed by atoms with Crippen molar-refractivity contribution >= 4 is 55.2 Å². The van der Waals surface area contributed by atoms with Crippen LogP contribution in [-0.4, -0.2) is 43.0 Å². The summed E-state index contributed by atoms with van der Waals surface area (Å²) in [5.41, 5.74) is 2.86. The molecule has 0 radical (unpaired) electrons. The highest BCUT2D eigenvalue weighted by Gasteiger charge is 2.22. The number of rotatable bonds is 5. The fourth-order valence-corrected chi connectivity index (χ4v) is 4.21. The van der Waals surface area contributed by atoms with Crippen molar-refractivity contribution < 1.29 is 4.79 Å². The Morgan fingerprint density at radius 1 is 1.16 bits per heavy atom. The summed E-state index contributed by atoms with van der Waals surface area (Å²) < 4.78 is 2.07. The average molecular weight is 465 g/mol. The molecule has 1 amide bonds. The van der Waals surface area contributed by atoms with E-state index in [0.29, 0.717) is 6.54 Å². The fourth-order valence-electron chi connectivity index (χ4n) is 2.50. The molecule has 0 N–H and O–H groups in total. The Morgan fingerprint density at radius 3 is 2.64 bits per heavy atom. The van der Waals surface area contributed by atoms with Gasteiger partial charge in [0.15, 0.2) is 5.13 Å². The van der Waals surface area contributed by atoms with Crippen molar-refractivity contribution in [3.05, 3.63) is 57.2 Å². The van der Waals surface area contributed by atoms with E-state index in [4.69, 9.17) is 4.98 Å². The first-order chi connectivity index (χ1) is 12.0. The molecule has 3 aromatic rings. The zero-order valence-electron chi connectivity index (χ0n) is 14.5. The standard InChI is InChI=1S/C19H20IN3OS/c1-13-8-9-16-17(12-13)25-19(21-16)23(11-10-22(2)3)18(24)14-6-4-5-7-15(14)20/h4-9,12H,10-11H2,1-3H3. The maximum Gasteiger partial charge on any atom is 0.261 e. The van der Waals surface area contributed by atoms with Crippen LogP contribution < -0.4 is 4.90 Å². The third kappa shape index (κ3) is 4.19. The minimum atomic E-state index is 0.00243. The summed E-state index contributed by atoms with van der Waals surface area (Å²) in [5.74, 6) is 0.00243. The molecule has 0 bridgehead atoms. The van der Waals surface area contributed by atoms with E-state index in [-0.39, 0.29) is 5.91 Å². The summed E-state index contributed by atoms with van der Waals surface area (Å²) in [5, 5.41) is 0.757. The molecule has 6 heteroatoms. The number of halogens is 1. The van der Waals surface area contributed by atoms with Gasteiger partial charge >= 0.3 is 0 Å². The van der Waals surface area contributed by atoms with Crippen LogP contribution in [0.4, 0.5) is 5.13 Å². The monoisotopic (exact) mass is 465 g/mol. The smallest absolute Gasteiger partial charge is 0.261 e. The molecule has 0 spiro atoms. The van der Waals surface area contributed by atoms with Gasteiger partial charge in [-0.15, -0.1) is 0 Å². The van der Waals surface area contributed by atoms with Crippen molar-refractivity contribution in [1.82, 2.24) is 9.88 Å². The van der Waals surface area contributed by atoms with E-state index >= 15 is 0 Å². The Bertz CT molecular complexity index is 907. The number of aromatic nitrogens is 1. The first-order valence-electron chi connectivity index (χ1n) is 8.04. The highest BCUT2D eigenvalue weighted by atomic mass is 127. The number of anilines is 1. The van der Waals surface area contributed by atoms with Crippen molar-refractivity contribution in [3.8, 4) is 0 Å². The minimum Gasteiger partial charge on any atom is -0.308 e. The van der Waals surface area contributed by atoms with Gasteiger partial charge in [0.05, 0.1) is 15.8 Å². The summed E-state index contributed by atoms with van der Waals surface area (Å²) in [6.45, 7) is 3.46. The van der Waals surface area contributed by atoms with Gasteiger partial charge in [-0.3, -0.25) is 9.69 Å². The van der Waals surface area contributed by atoms with Gasteiger partial charge in [-0.2, -0.15) is 0 Å². The van der Waals surface area contributed by atoms with E-state index in [1.165, 1.54) is 5.56 Å². The maximum absolute atomic E-state index is 13.2. The molecule has 0 saturated heterocycles. The molecule has 3 rings (SSSR count). The molecule has 0 aliphatic carbocycles. The molecule has 0 unspecified atom stereocenters. The molecule has 1 aromatic heterocycles. The first-order valence-corrected chi connectivity index (χ1v) is 9.93. The van der Waals surface area contributed by atoms with Crippen molar-refractivity contribution in [1.29, 1.82) is 0 Å². The van der Waals surface area contributed by atoms with Crippen molar-refractivity contribution in [2.24, 2.45) is 0 Å². The van der Waals surface area contributed by atoms with E-state index < -0.39 is 0 Å². The summed E-state index contributed by atoms with van der Waals surface area (Å²) in [7, 11) is 4.02. The number of amides is 1. The number of hydrogen-bond donors (Lipinski definition) is 0. The van der Waals surface area contributed by atoms with Gasteiger partial charge < -0.3 is 4.90 Å². The van der Waals surface area contributed by atoms with Gasteiger partial charge in [-0.1, -0.05) is 29.5 Å².